The van der Waals surface area contributed by atoms with Gasteiger partial charge in [0, 0.05) is 23.9 Å². The first-order valence-electron chi connectivity index (χ1n) is 7.43. The number of hydrogen-bond acceptors (Lipinski definition) is 6. The van der Waals surface area contributed by atoms with Crippen LogP contribution >= 0.6 is 0 Å². The fourth-order valence-corrected chi connectivity index (χ4v) is 2.52. The Morgan fingerprint density at radius 1 is 1.30 bits per heavy atom. The molecule has 122 valence electrons. The Labute approximate surface area is 134 Å². The summed E-state index contributed by atoms with van der Waals surface area (Å²) in [5, 5.41) is 6.05. The van der Waals surface area contributed by atoms with E-state index in [0.29, 0.717) is 23.1 Å². The predicted molar refractivity (Wildman–Crippen MR) is 84.0 cm³/mol. The van der Waals surface area contributed by atoms with E-state index in [0.717, 1.165) is 19.4 Å². The summed E-state index contributed by atoms with van der Waals surface area (Å²) in [6, 6.07) is 5.24. The molecule has 2 aromatic rings. The third kappa shape index (κ3) is 3.45. The van der Waals surface area contributed by atoms with Gasteiger partial charge in [0.15, 0.2) is 5.69 Å². The van der Waals surface area contributed by atoms with Crippen molar-refractivity contribution in [3.8, 4) is 11.5 Å². The number of methoxy groups -OCH3 is 2. The van der Waals surface area contributed by atoms with Gasteiger partial charge < -0.3 is 24.5 Å². The Hall–Kier alpha value is -2.54. The van der Waals surface area contributed by atoms with Gasteiger partial charge in [0.1, 0.15) is 17.8 Å². The quantitative estimate of drug-likeness (QED) is 0.880. The van der Waals surface area contributed by atoms with Gasteiger partial charge in [0.25, 0.3) is 5.91 Å². The van der Waals surface area contributed by atoms with Gasteiger partial charge in [-0.2, -0.15) is 0 Å². The van der Waals surface area contributed by atoms with E-state index >= 15 is 0 Å². The normalized spacial score (nSPS) is 17.0. The first kappa shape index (κ1) is 15.4. The van der Waals surface area contributed by atoms with Gasteiger partial charge in [-0.05, 0) is 19.4 Å². The van der Waals surface area contributed by atoms with Gasteiger partial charge in [-0.3, -0.25) is 4.79 Å². The molecule has 1 saturated heterocycles. The van der Waals surface area contributed by atoms with Crippen molar-refractivity contribution in [3.63, 3.8) is 0 Å². The van der Waals surface area contributed by atoms with Crippen molar-refractivity contribution in [2.24, 2.45) is 0 Å². The van der Waals surface area contributed by atoms with E-state index < -0.39 is 0 Å². The lowest BCUT2D eigenvalue weighted by molar-refractivity contribution is 0.102. The van der Waals surface area contributed by atoms with Gasteiger partial charge in [-0.25, -0.2) is 4.98 Å². The van der Waals surface area contributed by atoms with Crippen LogP contribution in [0, 0.1) is 0 Å². The predicted octanol–water partition coefficient (Wildman–Crippen LogP) is 2.37. The molecule has 0 bridgehead atoms. The van der Waals surface area contributed by atoms with Crippen LogP contribution in [0.15, 0.2) is 28.9 Å². The second-order valence-electron chi connectivity index (χ2n) is 5.28. The highest BCUT2D eigenvalue weighted by Crippen LogP contribution is 2.26. The maximum atomic E-state index is 12.3. The maximum Gasteiger partial charge on any atom is 0.277 e. The highest BCUT2D eigenvalue weighted by molar-refractivity contribution is 6.02. The fraction of sp³-hybridized carbons (Fsp3) is 0.375. The summed E-state index contributed by atoms with van der Waals surface area (Å²) in [7, 11) is 3.11. The number of aromatic nitrogens is 1. The summed E-state index contributed by atoms with van der Waals surface area (Å²) >= 11 is 0. The first-order valence-corrected chi connectivity index (χ1v) is 7.43. The van der Waals surface area contributed by atoms with Crippen molar-refractivity contribution in [3.05, 3.63) is 36.0 Å². The van der Waals surface area contributed by atoms with Crippen LogP contribution in [-0.4, -0.2) is 31.7 Å². The number of oxazole rings is 1. The molecule has 1 aliphatic rings. The highest BCUT2D eigenvalue weighted by atomic mass is 16.5. The van der Waals surface area contributed by atoms with Gasteiger partial charge in [-0.15, -0.1) is 0 Å². The lowest BCUT2D eigenvalue weighted by atomic mass is 10.2. The van der Waals surface area contributed by atoms with Crippen molar-refractivity contribution >= 4 is 11.6 Å². The second-order valence-corrected chi connectivity index (χ2v) is 5.28. The molecular formula is C16H19N3O4. The largest absolute Gasteiger partial charge is 0.497 e. The average Bonchev–Trinajstić information content (AvgIpc) is 3.25. The molecule has 2 heterocycles. The number of benzene rings is 1. The molecular weight excluding hydrogens is 298 g/mol. The SMILES string of the molecule is COc1cc(NC(=O)c2coc(C3CCCN3)n2)cc(OC)c1. The average molecular weight is 317 g/mol. The maximum absolute atomic E-state index is 12.3. The van der Waals surface area contributed by atoms with Crippen LogP contribution in [0.5, 0.6) is 11.5 Å². The van der Waals surface area contributed by atoms with Crippen molar-refractivity contribution in [1.82, 2.24) is 10.3 Å². The zero-order valence-electron chi connectivity index (χ0n) is 13.1. The molecule has 7 heteroatoms. The van der Waals surface area contributed by atoms with Crippen LogP contribution in [0.1, 0.15) is 35.3 Å². The number of nitrogens with one attached hydrogen (secondary N) is 2. The summed E-state index contributed by atoms with van der Waals surface area (Å²) in [5.74, 6) is 1.40. The fourth-order valence-electron chi connectivity index (χ4n) is 2.52. The molecule has 1 unspecified atom stereocenters. The number of anilines is 1. The van der Waals surface area contributed by atoms with Crippen LogP contribution in [0.4, 0.5) is 5.69 Å². The van der Waals surface area contributed by atoms with Gasteiger partial charge >= 0.3 is 0 Å². The van der Waals surface area contributed by atoms with Crippen LogP contribution < -0.4 is 20.1 Å². The third-order valence-corrected chi connectivity index (χ3v) is 3.72. The van der Waals surface area contributed by atoms with Crippen LogP contribution in [-0.2, 0) is 0 Å². The topological polar surface area (TPSA) is 85.6 Å². The zero-order chi connectivity index (χ0) is 16.2. The number of rotatable bonds is 5. The molecule has 2 N–H and O–H groups in total. The van der Waals surface area contributed by atoms with Crippen molar-refractivity contribution in [2.75, 3.05) is 26.1 Å². The van der Waals surface area contributed by atoms with Gasteiger partial charge in [0.05, 0.1) is 20.3 Å². The minimum absolute atomic E-state index is 0.0912. The first-order chi connectivity index (χ1) is 11.2. The molecule has 0 saturated carbocycles. The summed E-state index contributed by atoms with van der Waals surface area (Å²) in [4.78, 5) is 16.6. The Morgan fingerprint density at radius 3 is 2.65 bits per heavy atom. The summed E-state index contributed by atoms with van der Waals surface area (Å²) < 4.78 is 15.8. The molecule has 0 radical (unpaired) electrons. The molecule has 23 heavy (non-hydrogen) atoms. The molecule has 1 atom stereocenters. The minimum atomic E-state index is -0.340. The van der Waals surface area contributed by atoms with Crippen molar-refractivity contribution in [2.45, 2.75) is 18.9 Å². The number of carbonyl (C=O) groups is 1. The van der Waals surface area contributed by atoms with Crippen LogP contribution in [0.3, 0.4) is 0 Å². The lowest BCUT2D eigenvalue weighted by Crippen LogP contribution is -2.15. The summed E-state index contributed by atoms with van der Waals surface area (Å²) in [6.07, 6.45) is 3.43. The molecule has 0 aliphatic carbocycles. The Morgan fingerprint density at radius 2 is 2.04 bits per heavy atom. The number of ether oxygens (including phenoxy) is 2. The summed E-state index contributed by atoms with van der Waals surface area (Å²) in [5.41, 5.74) is 0.810. The summed E-state index contributed by atoms with van der Waals surface area (Å²) in [6.45, 7) is 0.943. The molecule has 1 amide bonds. The number of nitrogens with zero attached hydrogens (tertiary/aromatic N) is 1. The molecule has 7 nitrogen and oxygen atoms in total. The van der Waals surface area contributed by atoms with E-state index in [1.54, 1.807) is 32.4 Å². The van der Waals surface area contributed by atoms with E-state index in [2.05, 4.69) is 15.6 Å². The third-order valence-electron chi connectivity index (χ3n) is 3.72. The molecule has 1 aliphatic heterocycles. The Bertz CT molecular complexity index is 670. The minimum Gasteiger partial charge on any atom is -0.497 e. The van der Waals surface area contributed by atoms with E-state index in [1.807, 2.05) is 0 Å². The number of carbonyl (C=O) groups excluding carboxylic acids is 1. The molecule has 1 aromatic heterocycles. The van der Waals surface area contributed by atoms with Crippen LogP contribution in [0.25, 0.3) is 0 Å². The van der Waals surface area contributed by atoms with E-state index in [9.17, 15) is 4.79 Å². The second kappa shape index (κ2) is 6.70. The zero-order valence-corrected chi connectivity index (χ0v) is 13.1. The number of hydrogen-bond donors (Lipinski definition) is 2. The molecule has 0 spiro atoms. The van der Waals surface area contributed by atoms with Crippen molar-refractivity contribution in [1.29, 1.82) is 0 Å². The standard InChI is InChI=1S/C16H19N3O4/c1-21-11-6-10(7-12(8-11)22-2)18-15(20)14-9-23-16(19-14)13-4-3-5-17-13/h6-9,13,17H,3-5H2,1-2H3,(H,18,20). The number of amides is 1. The van der Waals surface area contributed by atoms with Gasteiger partial charge in [-0.1, -0.05) is 0 Å². The monoisotopic (exact) mass is 317 g/mol. The van der Waals surface area contributed by atoms with Crippen molar-refractivity contribution < 1.29 is 18.7 Å². The highest BCUT2D eigenvalue weighted by Gasteiger charge is 2.23. The molecule has 1 aromatic carbocycles. The van der Waals surface area contributed by atoms with E-state index in [1.165, 1.54) is 6.26 Å². The molecule has 3 rings (SSSR count). The lowest BCUT2D eigenvalue weighted by Gasteiger charge is -2.09. The Balaban J connectivity index is 1.73. The smallest absolute Gasteiger partial charge is 0.277 e. The van der Waals surface area contributed by atoms with Gasteiger partial charge in [0.2, 0.25) is 5.89 Å². The van der Waals surface area contributed by atoms with E-state index in [-0.39, 0.29) is 17.6 Å². The van der Waals surface area contributed by atoms with Crippen LogP contribution in [0.2, 0.25) is 0 Å². The van der Waals surface area contributed by atoms with E-state index in [4.69, 9.17) is 13.9 Å². The molecule has 1 fully saturated rings. The Kier molecular flexibility index (Phi) is 4.47.